The maximum absolute atomic E-state index is 12.7. The van der Waals surface area contributed by atoms with Gasteiger partial charge < -0.3 is 9.64 Å². The number of rotatable bonds is 8. The molecule has 3 aromatic rings. The summed E-state index contributed by atoms with van der Waals surface area (Å²) in [4.78, 5) is 14.7. The number of carbonyl (C=O) groups excluding carboxylic acids is 1. The number of nitrogens with zero attached hydrogens (tertiary/aromatic N) is 1. The molecule has 4 heteroatoms. The van der Waals surface area contributed by atoms with Gasteiger partial charge in [-0.1, -0.05) is 111 Å². The van der Waals surface area contributed by atoms with Gasteiger partial charge in [0.1, 0.15) is 6.61 Å². The first-order chi connectivity index (χ1) is 16.2. The van der Waals surface area contributed by atoms with Crippen LogP contribution in [0.25, 0.3) is 0 Å². The van der Waals surface area contributed by atoms with Crippen LogP contribution in [0.15, 0.2) is 104 Å². The zero-order valence-corrected chi connectivity index (χ0v) is 19.9. The molecule has 33 heavy (non-hydrogen) atoms. The molecule has 0 aromatic heterocycles. The quantitative estimate of drug-likeness (QED) is 0.272. The molecule has 0 spiro atoms. The Morgan fingerprint density at radius 2 is 1.45 bits per heavy atom. The number of amides is 1. The van der Waals surface area contributed by atoms with Crippen LogP contribution in [-0.2, 0) is 9.48 Å². The fourth-order valence-corrected chi connectivity index (χ4v) is 6.63. The second-order valence-electron chi connectivity index (χ2n) is 8.33. The van der Waals surface area contributed by atoms with Gasteiger partial charge in [0.15, 0.2) is 0 Å². The molecule has 2 atom stereocenters. The highest BCUT2D eigenvalue weighted by atomic mass is 32.2. The summed E-state index contributed by atoms with van der Waals surface area (Å²) >= 11 is 1.95. The average molecular weight is 458 g/mol. The van der Waals surface area contributed by atoms with E-state index in [2.05, 4.69) is 104 Å². The summed E-state index contributed by atoms with van der Waals surface area (Å²) in [5, 5.41) is 0.270. The first-order valence-corrected chi connectivity index (χ1v) is 12.5. The Balaban J connectivity index is 1.76. The molecule has 0 aliphatic carbocycles. The van der Waals surface area contributed by atoms with Crippen LogP contribution in [0.2, 0.25) is 0 Å². The lowest BCUT2D eigenvalue weighted by Gasteiger charge is -2.37. The lowest BCUT2D eigenvalue weighted by atomic mass is 9.84. The van der Waals surface area contributed by atoms with Crippen molar-refractivity contribution in [3.05, 3.63) is 120 Å². The van der Waals surface area contributed by atoms with Crippen LogP contribution in [0, 0.1) is 0 Å². The summed E-state index contributed by atoms with van der Waals surface area (Å²) in [6.07, 6.45) is 3.23. The van der Waals surface area contributed by atoms with Crippen LogP contribution < -0.4 is 0 Å². The Hall–Kier alpha value is -2.98. The third-order valence-corrected chi connectivity index (χ3v) is 8.03. The van der Waals surface area contributed by atoms with E-state index >= 15 is 0 Å². The van der Waals surface area contributed by atoms with Gasteiger partial charge in [-0.2, -0.15) is 0 Å². The minimum atomic E-state index is -0.381. The first kappa shape index (κ1) is 23.2. The smallest absolute Gasteiger partial charge is 0.410 e. The van der Waals surface area contributed by atoms with Crippen molar-refractivity contribution in [1.29, 1.82) is 0 Å². The fourth-order valence-electron chi connectivity index (χ4n) is 4.76. The fraction of sp³-hybridized carbons (Fsp3) is 0.276. The van der Waals surface area contributed by atoms with Crippen LogP contribution >= 0.6 is 11.8 Å². The summed E-state index contributed by atoms with van der Waals surface area (Å²) in [6.45, 7) is 6.72. The lowest BCUT2D eigenvalue weighted by molar-refractivity contribution is 0.107. The van der Waals surface area contributed by atoms with Gasteiger partial charge in [-0.25, -0.2) is 4.79 Å². The minimum Gasteiger partial charge on any atom is -0.445 e. The number of carbonyl (C=O) groups is 1. The highest BCUT2D eigenvalue weighted by molar-refractivity contribution is 8.01. The van der Waals surface area contributed by atoms with E-state index in [1.165, 1.54) is 16.7 Å². The molecular weight excluding hydrogens is 426 g/mol. The van der Waals surface area contributed by atoms with Crippen LogP contribution in [0.1, 0.15) is 36.5 Å². The molecular formula is C29H31NO2S. The standard InChI is InChI=1S/C29H31NO2S/c1-3-20-32-28(31)30-22-27(21-26(30)4-2)33-29(23-14-8-5-9-15-23,24-16-10-6-11-17-24)25-18-12-7-13-19-25/h3,5-19,26-27H,1,4,20-22H2,2H3. The molecule has 0 radical (unpaired) electrons. The van der Waals surface area contributed by atoms with Crippen molar-refractivity contribution in [2.45, 2.75) is 35.8 Å². The second-order valence-corrected chi connectivity index (χ2v) is 9.85. The van der Waals surface area contributed by atoms with Crippen molar-refractivity contribution in [1.82, 2.24) is 4.90 Å². The highest BCUT2D eigenvalue weighted by Crippen LogP contribution is 2.52. The van der Waals surface area contributed by atoms with E-state index in [-0.39, 0.29) is 28.7 Å². The Labute approximate surface area is 201 Å². The summed E-state index contributed by atoms with van der Waals surface area (Å²) in [5.41, 5.74) is 3.73. The van der Waals surface area contributed by atoms with Crippen LogP contribution in [-0.4, -0.2) is 35.4 Å². The van der Waals surface area contributed by atoms with Crippen molar-refractivity contribution >= 4 is 17.9 Å². The molecule has 1 aliphatic heterocycles. The van der Waals surface area contributed by atoms with E-state index in [0.717, 1.165) is 12.8 Å². The third kappa shape index (κ3) is 4.86. The van der Waals surface area contributed by atoms with E-state index in [9.17, 15) is 4.79 Å². The van der Waals surface area contributed by atoms with Crippen molar-refractivity contribution < 1.29 is 9.53 Å². The summed E-state index contributed by atoms with van der Waals surface area (Å²) < 4.78 is 5.02. The molecule has 3 aromatic carbocycles. The normalized spacial score (nSPS) is 18.2. The van der Waals surface area contributed by atoms with Crippen molar-refractivity contribution in [3.63, 3.8) is 0 Å². The largest absolute Gasteiger partial charge is 0.445 e. The van der Waals surface area contributed by atoms with E-state index in [4.69, 9.17) is 4.74 Å². The van der Waals surface area contributed by atoms with Gasteiger partial charge in [0, 0.05) is 17.8 Å². The lowest BCUT2D eigenvalue weighted by Crippen LogP contribution is -2.36. The molecule has 0 N–H and O–H groups in total. The number of hydrogen-bond acceptors (Lipinski definition) is 3. The van der Waals surface area contributed by atoms with Crippen molar-refractivity contribution in [2.75, 3.05) is 13.2 Å². The zero-order chi connectivity index (χ0) is 23.1. The van der Waals surface area contributed by atoms with Crippen LogP contribution in [0.5, 0.6) is 0 Å². The van der Waals surface area contributed by atoms with Gasteiger partial charge in [0.2, 0.25) is 0 Å². The van der Waals surface area contributed by atoms with Gasteiger partial charge in [-0.3, -0.25) is 0 Å². The van der Waals surface area contributed by atoms with E-state index in [0.29, 0.717) is 6.54 Å². The number of ether oxygens (including phenoxy) is 1. The van der Waals surface area contributed by atoms with Crippen LogP contribution in [0.3, 0.4) is 0 Å². The third-order valence-electron chi connectivity index (χ3n) is 6.29. The van der Waals surface area contributed by atoms with Crippen molar-refractivity contribution in [3.8, 4) is 0 Å². The molecule has 1 amide bonds. The maximum Gasteiger partial charge on any atom is 0.410 e. The highest BCUT2D eigenvalue weighted by Gasteiger charge is 2.44. The first-order valence-electron chi connectivity index (χ1n) is 11.6. The Morgan fingerprint density at radius 1 is 0.970 bits per heavy atom. The summed E-state index contributed by atoms with van der Waals surface area (Å²) in [7, 11) is 0. The van der Waals surface area contributed by atoms with E-state index in [1.54, 1.807) is 6.08 Å². The predicted octanol–water partition coefficient (Wildman–Crippen LogP) is 6.89. The number of likely N-dealkylation sites (tertiary alicyclic amines) is 1. The second kappa shape index (κ2) is 10.8. The van der Waals surface area contributed by atoms with Gasteiger partial charge in [-0.15, -0.1) is 11.8 Å². The van der Waals surface area contributed by atoms with Gasteiger partial charge in [-0.05, 0) is 29.5 Å². The number of hydrogen-bond donors (Lipinski definition) is 0. The average Bonchev–Trinajstić information content (AvgIpc) is 3.30. The molecule has 4 rings (SSSR count). The Bertz CT molecular complexity index is 942. The molecule has 0 bridgehead atoms. The number of thioether (sulfide) groups is 1. The van der Waals surface area contributed by atoms with Crippen LogP contribution in [0.4, 0.5) is 4.79 Å². The van der Waals surface area contributed by atoms with Gasteiger partial charge in [0.05, 0.1) is 4.75 Å². The SMILES string of the molecule is C=CCOC(=O)N1CC(SC(c2ccccc2)(c2ccccc2)c2ccccc2)CC1CC. The topological polar surface area (TPSA) is 29.5 Å². The minimum absolute atomic E-state index is 0.180. The van der Waals surface area contributed by atoms with E-state index in [1.807, 2.05) is 16.7 Å². The molecule has 1 fully saturated rings. The zero-order valence-electron chi connectivity index (χ0n) is 19.1. The summed E-state index contributed by atoms with van der Waals surface area (Å²) in [5.74, 6) is 0. The molecule has 0 saturated carbocycles. The molecule has 1 aliphatic rings. The molecule has 1 heterocycles. The molecule has 170 valence electrons. The Morgan fingerprint density at radius 3 is 1.88 bits per heavy atom. The van der Waals surface area contributed by atoms with E-state index < -0.39 is 0 Å². The van der Waals surface area contributed by atoms with Gasteiger partial charge >= 0.3 is 6.09 Å². The monoisotopic (exact) mass is 457 g/mol. The predicted molar refractivity (Wildman–Crippen MR) is 138 cm³/mol. The molecule has 2 unspecified atom stereocenters. The summed E-state index contributed by atoms with van der Waals surface area (Å²) in [6, 6.07) is 32.3. The maximum atomic E-state index is 12.7. The molecule has 3 nitrogen and oxygen atoms in total. The molecule has 1 saturated heterocycles. The Kier molecular flexibility index (Phi) is 7.56. The van der Waals surface area contributed by atoms with Gasteiger partial charge in [0.25, 0.3) is 0 Å². The van der Waals surface area contributed by atoms with Crippen molar-refractivity contribution in [2.24, 2.45) is 0 Å². The number of benzene rings is 3.